The van der Waals surface area contributed by atoms with Crippen molar-refractivity contribution in [2.45, 2.75) is 19.9 Å². The summed E-state index contributed by atoms with van der Waals surface area (Å²) in [7, 11) is 0. The molecule has 4 nitrogen and oxygen atoms in total. The number of hydrogen-bond acceptors (Lipinski definition) is 3. The largest absolute Gasteiger partial charge is 0.484 e. The van der Waals surface area contributed by atoms with E-state index in [1.54, 1.807) is 6.08 Å². The smallest absolute Gasteiger partial charge is 0.258 e. The molecule has 1 amide bonds. The normalized spacial score (nSPS) is 10.1. The van der Waals surface area contributed by atoms with Crippen molar-refractivity contribution in [2.24, 2.45) is 0 Å². The minimum absolute atomic E-state index is 0.0112. The fourth-order valence-electron chi connectivity index (χ4n) is 1.56. The molecule has 0 aliphatic heterocycles. The van der Waals surface area contributed by atoms with Crippen LogP contribution in [0.15, 0.2) is 35.3 Å². The van der Waals surface area contributed by atoms with Gasteiger partial charge in [0.15, 0.2) is 6.61 Å². The summed E-state index contributed by atoms with van der Waals surface area (Å²) in [5.74, 6) is 0.536. The van der Waals surface area contributed by atoms with E-state index in [2.05, 4.69) is 40.1 Å². The van der Waals surface area contributed by atoms with Crippen LogP contribution in [0.4, 0.5) is 0 Å². The SMILES string of the molecule is C=CCNC(=O)COc1ccc(Br)c(CNCCC)c1. The molecule has 5 heteroatoms. The number of halogens is 1. The predicted molar refractivity (Wildman–Crippen MR) is 84.8 cm³/mol. The van der Waals surface area contributed by atoms with E-state index in [-0.39, 0.29) is 12.5 Å². The van der Waals surface area contributed by atoms with Crippen molar-refractivity contribution < 1.29 is 9.53 Å². The van der Waals surface area contributed by atoms with Crippen LogP contribution in [0.3, 0.4) is 0 Å². The van der Waals surface area contributed by atoms with E-state index in [9.17, 15) is 4.79 Å². The Morgan fingerprint density at radius 3 is 3.00 bits per heavy atom. The Hall–Kier alpha value is -1.33. The fourth-order valence-corrected chi connectivity index (χ4v) is 1.95. The van der Waals surface area contributed by atoms with Crippen LogP contribution in [0, 0.1) is 0 Å². The average Bonchev–Trinajstić information content (AvgIpc) is 2.45. The number of benzene rings is 1. The third-order valence-corrected chi connectivity index (χ3v) is 3.35. The molecule has 0 atom stereocenters. The number of carbonyl (C=O) groups excluding carboxylic acids is 1. The van der Waals surface area contributed by atoms with Gasteiger partial charge in [0.05, 0.1) is 0 Å². The molecule has 0 unspecified atom stereocenters. The number of amides is 1. The molecule has 0 aromatic heterocycles. The third kappa shape index (κ3) is 6.21. The molecule has 0 radical (unpaired) electrons. The molecule has 1 aromatic rings. The molecule has 110 valence electrons. The molecule has 0 bridgehead atoms. The Balaban J connectivity index is 2.51. The van der Waals surface area contributed by atoms with E-state index >= 15 is 0 Å². The third-order valence-electron chi connectivity index (χ3n) is 2.57. The second-order valence-corrected chi connectivity index (χ2v) is 5.17. The average molecular weight is 341 g/mol. The Kier molecular flexibility index (Phi) is 7.99. The van der Waals surface area contributed by atoms with Crippen molar-refractivity contribution in [3.05, 3.63) is 40.9 Å². The summed E-state index contributed by atoms with van der Waals surface area (Å²) in [6.07, 6.45) is 2.73. The monoisotopic (exact) mass is 340 g/mol. The summed E-state index contributed by atoms with van der Waals surface area (Å²) in [6, 6.07) is 5.71. The van der Waals surface area contributed by atoms with Crippen LogP contribution >= 0.6 is 15.9 Å². The molecular weight excluding hydrogens is 320 g/mol. The zero-order chi connectivity index (χ0) is 14.8. The molecule has 0 saturated carbocycles. The van der Waals surface area contributed by atoms with Crippen molar-refractivity contribution in [1.82, 2.24) is 10.6 Å². The first-order chi connectivity index (χ1) is 9.67. The van der Waals surface area contributed by atoms with Gasteiger partial charge in [-0.1, -0.05) is 28.9 Å². The van der Waals surface area contributed by atoms with Gasteiger partial charge >= 0.3 is 0 Å². The second-order valence-electron chi connectivity index (χ2n) is 4.31. The summed E-state index contributed by atoms with van der Waals surface area (Å²) in [5, 5.41) is 6.00. The highest BCUT2D eigenvalue weighted by Crippen LogP contribution is 2.22. The van der Waals surface area contributed by atoms with Gasteiger partial charge in [0.2, 0.25) is 0 Å². The lowest BCUT2D eigenvalue weighted by Gasteiger charge is -2.10. The standard InChI is InChI=1S/C15H21BrN2O2/c1-3-7-17-10-12-9-13(5-6-14(12)16)20-11-15(19)18-8-4-2/h4-6,9,17H,2-3,7-8,10-11H2,1H3,(H,18,19). The first-order valence-electron chi connectivity index (χ1n) is 6.67. The Labute approximate surface area is 128 Å². The topological polar surface area (TPSA) is 50.4 Å². The van der Waals surface area contributed by atoms with Crippen molar-refractivity contribution in [3.63, 3.8) is 0 Å². The van der Waals surface area contributed by atoms with Gasteiger partial charge in [0.1, 0.15) is 5.75 Å². The number of nitrogens with one attached hydrogen (secondary N) is 2. The summed E-state index contributed by atoms with van der Waals surface area (Å²) < 4.78 is 6.50. The summed E-state index contributed by atoms with van der Waals surface area (Å²) in [4.78, 5) is 11.4. The van der Waals surface area contributed by atoms with Gasteiger partial charge in [0, 0.05) is 17.6 Å². The molecule has 20 heavy (non-hydrogen) atoms. The van der Waals surface area contributed by atoms with Gasteiger partial charge in [-0.2, -0.15) is 0 Å². The van der Waals surface area contributed by atoms with E-state index in [4.69, 9.17) is 4.74 Å². The van der Waals surface area contributed by atoms with Gasteiger partial charge in [-0.25, -0.2) is 0 Å². The molecule has 0 aliphatic carbocycles. The Bertz CT molecular complexity index is 449. The molecule has 0 aliphatic rings. The Morgan fingerprint density at radius 1 is 1.50 bits per heavy atom. The number of hydrogen-bond donors (Lipinski definition) is 2. The van der Waals surface area contributed by atoms with Crippen LogP contribution in [0.1, 0.15) is 18.9 Å². The zero-order valence-electron chi connectivity index (χ0n) is 11.7. The molecule has 0 heterocycles. The van der Waals surface area contributed by atoms with Crippen LogP contribution in [-0.4, -0.2) is 25.6 Å². The van der Waals surface area contributed by atoms with Crippen LogP contribution in [0.5, 0.6) is 5.75 Å². The van der Waals surface area contributed by atoms with E-state index in [0.29, 0.717) is 12.3 Å². The predicted octanol–water partition coefficient (Wildman–Crippen LogP) is 2.63. The first kappa shape index (κ1) is 16.7. The summed E-state index contributed by atoms with van der Waals surface area (Å²) >= 11 is 3.51. The van der Waals surface area contributed by atoms with Crippen LogP contribution in [0.2, 0.25) is 0 Å². The molecule has 1 aromatic carbocycles. The van der Waals surface area contributed by atoms with E-state index in [0.717, 1.165) is 29.5 Å². The maximum Gasteiger partial charge on any atom is 0.258 e. The highest BCUT2D eigenvalue weighted by atomic mass is 79.9. The minimum Gasteiger partial charge on any atom is -0.484 e. The lowest BCUT2D eigenvalue weighted by atomic mass is 10.2. The Morgan fingerprint density at radius 2 is 2.30 bits per heavy atom. The highest BCUT2D eigenvalue weighted by Gasteiger charge is 2.05. The van der Waals surface area contributed by atoms with Gasteiger partial charge in [-0.05, 0) is 36.7 Å². The summed E-state index contributed by atoms with van der Waals surface area (Å²) in [5.41, 5.74) is 1.11. The maximum atomic E-state index is 11.4. The van der Waals surface area contributed by atoms with Crippen LogP contribution in [0.25, 0.3) is 0 Å². The van der Waals surface area contributed by atoms with E-state index in [1.165, 1.54) is 0 Å². The van der Waals surface area contributed by atoms with Crippen LogP contribution in [-0.2, 0) is 11.3 Å². The minimum atomic E-state index is -0.154. The molecule has 0 spiro atoms. The van der Waals surface area contributed by atoms with Crippen LogP contribution < -0.4 is 15.4 Å². The fraction of sp³-hybridized carbons (Fsp3) is 0.400. The lowest BCUT2D eigenvalue weighted by molar-refractivity contribution is -0.122. The van der Waals surface area contributed by atoms with E-state index in [1.807, 2.05) is 18.2 Å². The second kappa shape index (κ2) is 9.55. The first-order valence-corrected chi connectivity index (χ1v) is 7.46. The van der Waals surface area contributed by atoms with Gasteiger partial charge in [-0.3, -0.25) is 4.79 Å². The van der Waals surface area contributed by atoms with E-state index < -0.39 is 0 Å². The summed E-state index contributed by atoms with van der Waals surface area (Å²) in [6.45, 7) is 7.88. The number of ether oxygens (including phenoxy) is 1. The molecular formula is C15H21BrN2O2. The quantitative estimate of drug-likeness (QED) is 0.536. The highest BCUT2D eigenvalue weighted by molar-refractivity contribution is 9.10. The zero-order valence-corrected chi connectivity index (χ0v) is 13.3. The molecule has 1 rings (SSSR count). The lowest BCUT2D eigenvalue weighted by Crippen LogP contribution is -2.28. The van der Waals surface area contributed by atoms with Gasteiger partial charge < -0.3 is 15.4 Å². The molecule has 2 N–H and O–H groups in total. The number of carbonyl (C=O) groups is 1. The number of rotatable bonds is 9. The molecule has 0 saturated heterocycles. The van der Waals surface area contributed by atoms with Gasteiger partial charge in [-0.15, -0.1) is 6.58 Å². The molecule has 0 fully saturated rings. The van der Waals surface area contributed by atoms with Crippen molar-refractivity contribution in [3.8, 4) is 5.75 Å². The van der Waals surface area contributed by atoms with Crippen molar-refractivity contribution in [1.29, 1.82) is 0 Å². The maximum absolute atomic E-state index is 11.4. The van der Waals surface area contributed by atoms with Gasteiger partial charge in [0.25, 0.3) is 5.91 Å². The van der Waals surface area contributed by atoms with Crippen molar-refractivity contribution in [2.75, 3.05) is 19.7 Å². The van der Waals surface area contributed by atoms with Crippen molar-refractivity contribution >= 4 is 21.8 Å².